The predicted molar refractivity (Wildman–Crippen MR) is 104 cm³/mol. The summed E-state index contributed by atoms with van der Waals surface area (Å²) in [5, 5.41) is 13.6. The summed E-state index contributed by atoms with van der Waals surface area (Å²) >= 11 is 11.7. The van der Waals surface area contributed by atoms with Crippen LogP contribution in [0.15, 0.2) is 65.9 Å². The minimum absolute atomic E-state index is 0.204. The van der Waals surface area contributed by atoms with Gasteiger partial charge in [-0.2, -0.15) is 5.10 Å². The number of carbonyl (C=O) groups is 2. The molecule has 0 saturated heterocycles. The second-order valence-electron chi connectivity index (χ2n) is 5.48. The molecule has 0 aliphatic heterocycles. The highest BCUT2D eigenvalue weighted by atomic mass is 35.5. The maximum atomic E-state index is 12.1. The largest absolute Gasteiger partial charge is 0.478 e. The molecule has 2 N–H and O–H groups in total. The first-order valence-electron chi connectivity index (χ1n) is 7.75. The van der Waals surface area contributed by atoms with Crippen molar-refractivity contribution in [1.82, 2.24) is 9.99 Å². The lowest BCUT2D eigenvalue weighted by atomic mass is 10.2. The number of hydrogen-bond donors (Lipinski definition) is 2. The van der Waals surface area contributed by atoms with Crippen LogP contribution in [0.25, 0.3) is 5.69 Å². The molecule has 0 spiro atoms. The summed E-state index contributed by atoms with van der Waals surface area (Å²) in [6.45, 7) is 0. The van der Waals surface area contributed by atoms with Crippen molar-refractivity contribution >= 4 is 41.3 Å². The molecule has 1 heterocycles. The Labute approximate surface area is 164 Å². The van der Waals surface area contributed by atoms with Crippen LogP contribution in [0.4, 0.5) is 0 Å². The van der Waals surface area contributed by atoms with Gasteiger partial charge in [-0.05, 0) is 54.6 Å². The van der Waals surface area contributed by atoms with E-state index in [1.165, 1.54) is 30.5 Å². The van der Waals surface area contributed by atoms with Crippen molar-refractivity contribution in [3.8, 4) is 5.69 Å². The normalized spacial score (nSPS) is 10.9. The summed E-state index contributed by atoms with van der Waals surface area (Å²) < 4.78 is 1.81. The first kappa shape index (κ1) is 18.7. The lowest BCUT2D eigenvalue weighted by Gasteiger charge is -2.07. The first-order valence-corrected chi connectivity index (χ1v) is 8.51. The van der Waals surface area contributed by atoms with E-state index in [0.717, 1.165) is 5.69 Å². The average Bonchev–Trinajstić information content (AvgIpc) is 3.12. The van der Waals surface area contributed by atoms with Gasteiger partial charge in [-0.15, -0.1) is 0 Å². The van der Waals surface area contributed by atoms with Crippen molar-refractivity contribution < 1.29 is 14.7 Å². The summed E-state index contributed by atoms with van der Waals surface area (Å²) in [4.78, 5) is 23.0. The number of amides is 1. The van der Waals surface area contributed by atoms with Crippen molar-refractivity contribution in [1.29, 1.82) is 0 Å². The van der Waals surface area contributed by atoms with Crippen LogP contribution >= 0.6 is 23.2 Å². The van der Waals surface area contributed by atoms with Crippen LogP contribution in [0.5, 0.6) is 0 Å². The van der Waals surface area contributed by atoms with Crippen molar-refractivity contribution in [2.45, 2.75) is 0 Å². The van der Waals surface area contributed by atoms with E-state index in [-0.39, 0.29) is 10.6 Å². The summed E-state index contributed by atoms with van der Waals surface area (Å²) in [7, 11) is 0. The molecule has 1 aromatic heterocycles. The Kier molecular flexibility index (Phi) is 5.59. The molecule has 0 unspecified atom stereocenters. The van der Waals surface area contributed by atoms with Crippen LogP contribution in [0.2, 0.25) is 10.0 Å². The number of nitrogens with zero attached hydrogens (tertiary/aromatic N) is 2. The van der Waals surface area contributed by atoms with Gasteiger partial charge in [-0.3, -0.25) is 4.79 Å². The highest BCUT2D eigenvalue weighted by Gasteiger charge is 2.08. The quantitative estimate of drug-likeness (QED) is 0.495. The number of hydrogen-bond acceptors (Lipinski definition) is 3. The van der Waals surface area contributed by atoms with Gasteiger partial charge < -0.3 is 9.67 Å². The number of hydrazone groups is 1. The molecule has 0 atom stereocenters. The Balaban J connectivity index is 1.73. The minimum Gasteiger partial charge on any atom is -0.478 e. The van der Waals surface area contributed by atoms with E-state index in [1.807, 2.05) is 6.07 Å². The van der Waals surface area contributed by atoms with Crippen molar-refractivity contribution in [3.05, 3.63) is 87.7 Å². The Morgan fingerprint density at radius 3 is 2.37 bits per heavy atom. The molecular weight excluding hydrogens is 389 g/mol. The molecule has 8 heteroatoms. The maximum Gasteiger partial charge on any atom is 0.335 e. The van der Waals surface area contributed by atoms with E-state index in [0.29, 0.717) is 16.3 Å². The number of halogens is 2. The van der Waals surface area contributed by atoms with Crippen LogP contribution in [0, 0.1) is 0 Å². The average molecular weight is 402 g/mol. The van der Waals surface area contributed by atoms with Crippen LogP contribution in [-0.4, -0.2) is 27.8 Å². The van der Waals surface area contributed by atoms with Crippen molar-refractivity contribution in [2.24, 2.45) is 5.10 Å². The highest BCUT2D eigenvalue weighted by Crippen LogP contribution is 2.22. The number of rotatable bonds is 5. The number of nitrogens with one attached hydrogen (secondary N) is 1. The zero-order valence-corrected chi connectivity index (χ0v) is 15.3. The molecule has 3 rings (SSSR count). The Hall–Kier alpha value is -3.09. The van der Waals surface area contributed by atoms with Crippen LogP contribution in [0.1, 0.15) is 26.4 Å². The Morgan fingerprint density at radius 1 is 1.00 bits per heavy atom. The fourth-order valence-corrected chi connectivity index (χ4v) is 2.66. The molecular formula is C19H13Cl2N3O3. The van der Waals surface area contributed by atoms with Gasteiger partial charge in [0.25, 0.3) is 5.91 Å². The fourth-order valence-electron chi connectivity index (χ4n) is 2.36. The molecule has 3 aromatic rings. The SMILES string of the molecule is O=C(O)c1ccc(-n2cccc2/C=N\NC(=O)c2ccc(Cl)c(Cl)c2)cc1. The van der Waals surface area contributed by atoms with E-state index >= 15 is 0 Å². The standard InChI is InChI=1S/C19H13Cl2N3O3/c20-16-8-5-13(10-17(16)21)18(25)23-22-11-15-2-1-9-24(15)14-6-3-12(4-7-14)19(26)27/h1-11H,(H,23,25)(H,26,27)/b22-11-. The lowest BCUT2D eigenvalue weighted by Crippen LogP contribution is -2.17. The zero-order chi connectivity index (χ0) is 19.4. The third-order valence-corrected chi connectivity index (χ3v) is 4.46. The summed E-state index contributed by atoms with van der Waals surface area (Å²) in [5.74, 6) is -1.41. The lowest BCUT2D eigenvalue weighted by molar-refractivity contribution is 0.0696. The van der Waals surface area contributed by atoms with Gasteiger partial charge in [0.1, 0.15) is 0 Å². The highest BCUT2D eigenvalue weighted by molar-refractivity contribution is 6.42. The van der Waals surface area contributed by atoms with Gasteiger partial charge in [0.2, 0.25) is 0 Å². The predicted octanol–water partition coefficient (Wildman–Crippen LogP) is 4.25. The summed E-state index contributed by atoms with van der Waals surface area (Å²) in [6, 6.07) is 14.6. The smallest absolute Gasteiger partial charge is 0.335 e. The molecule has 0 fully saturated rings. The second kappa shape index (κ2) is 8.07. The molecule has 0 saturated carbocycles. The number of carbonyl (C=O) groups excluding carboxylic acids is 1. The van der Waals surface area contributed by atoms with Gasteiger partial charge in [0, 0.05) is 17.4 Å². The second-order valence-corrected chi connectivity index (χ2v) is 6.30. The van der Waals surface area contributed by atoms with Crippen LogP contribution < -0.4 is 5.43 Å². The van der Waals surface area contributed by atoms with E-state index < -0.39 is 11.9 Å². The number of carboxylic acid groups (broad SMARTS) is 1. The van der Waals surface area contributed by atoms with Crippen LogP contribution in [0.3, 0.4) is 0 Å². The van der Waals surface area contributed by atoms with E-state index in [1.54, 1.807) is 35.0 Å². The molecule has 2 aromatic carbocycles. The minimum atomic E-state index is -0.985. The van der Waals surface area contributed by atoms with Crippen LogP contribution in [-0.2, 0) is 0 Å². The van der Waals surface area contributed by atoms with Crippen molar-refractivity contribution in [3.63, 3.8) is 0 Å². The molecule has 1 amide bonds. The zero-order valence-electron chi connectivity index (χ0n) is 13.8. The molecule has 0 aliphatic carbocycles. The number of benzene rings is 2. The van der Waals surface area contributed by atoms with Gasteiger partial charge >= 0.3 is 5.97 Å². The third-order valence-electron chi connectivity index (χ3n) is 3.72. The van der Waals surface area contributed by atoms with Gasteiger partial charge in [0.05, 0.1) is 27.5 Å². The monoisotopic (exact) mass is 401 g/mol. The topological polar surface area (TPSA) is 83.7 Å². The molecule has 0 bridgehead atoms. The van der Waals surface area contributed by atoms with E-state index in [2.05, 4.69) is 10.5 Å². The summed E-state index contributed by atoms with van der Waals surface area (Å²) in [6.07, 6.45) is 3.29. The number of carboxylic acids is 1. The fraction of sp³-hybridized carbons (Fsp3) is 0. The van der Waals surface area contributed by atoms with Crippen molar-refractivity contribution in [2.75, 3.05) is 0 Å². The molecule has 0 aliphatic rings. The van der Waals surface area contributed by atoms with E-state index in [9.17, 15) is 9.59 Å². The summed E-state index contributed by atoms with van der Waals surface area (Å²) in [5.41, 5.74) is 4.43. The van der Waals surface area contributed by atoms with E-state index in [4.69, 9.17) is 28.3 Å². The molecule has 6 nitrogen and oxygen atoms in total. The van der Waals surface area contributed by atoms with Gasteiger partial charge in [-0.25, -0.2) is 10.2 Å². The maximum absolute atomic E-state index is 12.1. The Bertz CT molecular complexity index is 1030. The van der Waals surface area contributed by atoms with Gasteiger partial charge in [0.15, 0.2) is 0 Å². The number of aromatic carboxylic acids is 1. The first-order chi connectivity index (χ1) is 13.0. The molecule has 136 valence electrons. The van der Waals surface area contributed by atoms with Gasteiger partial charge in [-0.1, -0.05) is 23.2 Å². The molecule has 0 radical (unpaired) electrons. The molecule has 27 heavy (non-hydrogen) atoms. The Morgan fingerprint density at radius 2 is 1.70 bits per heavy atom. The third kappa shape index (κ3) is 4.36. The number of aromatic nitrogens is 1.